The SMILES string of the molecule is CC1(C)c2cc(-c3ccccc3)ccc2-c2c(-c3ccccc3-c3nc(-c4ccccc4)nc(-c4ccccc4)n3)cccc2C1(C)C. The molecule has 7 aromatic rings. The molecule has 0 spiro atoms. The van der Waals surface area contributed by atoms with Gasteiger partial charge in [-0.2, -0.15) is 0 Å². The van der Waals surface area contributed by atoms with Crippen LogP contribution in [0.15, 0.2) is 152 Å². The number of rotatable bonds is 5. The molecule has 1 aromatic heterocycles. The Morgan fingerprint density at radius 2 is 0.812 bits per heavy atom. The minimum absolute atomic E-state index is 0.109. The molecular formula is C45H37N3. The molecule has 0 atom stereocenters. The largest absolute Gasteiger partial charge is 0.208 e. The number of nitrogens with zero attached hydrogens (tertiary/aromatic N) is 3. The topological polar surface area (TPSA) is 38.7 Å². The highest BCUT2D eigenvalue weighted by Gasteiger charge is 2.46. The van der Waals surface area contributed by atoms with Crippen molar-refractivity contribution in [1.29, 1.82) is 0 Å². The molecule has 1 aliphatic rings. The lowest BCUT2D eigenvalue weighted by molar-refractivity contribution is 0.299. The van der Waals surface area contributed by atoms with Crippen molar-refractivity contribution in [2.45, 2.75) is 38.5 Å². The van der Waals surface area contributed by atoms with Crippen molar-refractivity contribution >= 4 is 0 Å². The third-order valence-electron chi connectivity index (χ3n) is 10.5. The maximum absolute atomic E-state index is 5.12. The molecule has 3 heteroatoms. The molecule has 0 aliphatic heterocycles. The molecule has 0 unspecified atom stereocenters. The molecule has 0 fully saturated rings. The predicted molar refractivity (Wildman–Crippen MR) is 198 cm³/mol. The van der Waals surface area contributed by atoms with Gasteiger partial charge in [0.2, 0.25) is 0 Å². The van der Waals surface area contributed by atoms with Gasteiger partial charge in [-0.1, -0.05) is 173 Å². The van der Waals surface area contributed by atoms with Crippen LogP contribution >= 0.6 is 0 Å². The van der Waals surface area contributed by atoms with Crippen LogP contribution in [0.5, 0.6) is 0 Å². The van der Waals surface area contributed by atoms with Crippen molar-refractivity contribution in [3.8, 4) is 67.5 Å². The summed E-state index contributed by atoms with van der Waals surface area (Å²) in [5, 5.41) is 0. The number of aromatic nitrogens is 3. The maximum atomic E-state index is 5.12. The zero-order chi connectivity index (χ0) is 32.9. The molecule has 0 radical (unpaired) electrons. The number of hydrogen-bond acceptors (Lipinski definition) is 3. The molecule has 0 bridgehead atoms. The molecule has 3 nitrogen and oxygen atoms in total. The van der Waals surface area contributed by atoms with Crippen LogP contribution in [0.3, 0.4) is 0 Å². The van der Waals surface area contributed by atoms with E-state index in [4.69, 9.17) is 15.0 Å². The summed E-state index contributed by atoms with van der Waals surface area (Å²) in [6.07, 6.45) is 0. The first-order valence-electron chi connectivity index (χ1n) is 16.6. The van der Waals surface area contributed by atoms with E-state index >= 15 is 0 Å². The van der Waals surface area contributed by atoms with Gasteiger partial charge in [-0.15, -0.1) is 0 Å². The van der Waals surface area contributed by atoms with Gasteiger partial charge in [0, 0.05) is 16.7 Å². The molecule has 6 aromatic carbocycles. The summed E-state index contributed by atoms with van der Waals surface area (Å²) in [5.74, 6) is 1.97. The van der Waals surface area contributed by atoms with Crippen molar-refractivity contribution in [3.63, 3.8) is 0 Å². The smallest absolute Gasteiger partial charge is 0.164 e. The Hall–Kier alpha value is -5.67. The van der Waals surface area contributed by atoms with Crippen LogP contribution in [-0.2, 0) is 10.8 Å². The van der Waals surface area contributed by atoms with E-state index in [1.54, 1.807) is 0 Å². The van der Waals surface area contributed by atoms with Crippen molar-refractivity contribution in [2.24, 2.45) is 0 Å². The van der Waals surface area contributed by atoms with Crippen molar-refractivity contribution in [3.05, 3.63) is 163 Å². The van der Waals surface area contributed by atoms with Gasteiger partial charge in [-0.3, -0.25) is 0 Å². The van der Waals surface area contributed by atoms with Gasteiger partial charge in [0.15, 0.2) is 17.5 Å². The number of hydrogen-bond donors (Lipinski definition) is 0. The number of fused-ring (bicyclic) bond motifs is 3. The Kier molecular flexibility index (Phi) is 7.14. The molecule has 232 valence electrons. The van der Waals surface area contributed by atoms with Crippen molar-refractivity contribution in [1.82, 2.24) is 15.0 Å². The molecular weight excluding hydrogens is 583 g/mol. The van der Waals surface area contributed by atoms with Crippen LogP contribution in [0.2, 0.25) is 0 Å². The minimum Gasteiger partial charge on any atom is -0.208 e. The van der Waals surface area contributed by atoms with Crippen LogP contribution in [0, 0.1) is 0 Å². The fourth-order valence-corrected chi connectivity index (χ4v) is 7.19. The Labute approximate surface area is 283 Å². The second kappa shape index (κ2) is 11.5. The van der Waals surface area contributed by atoms with Gasteiger partial charge >= 0.3 is 0 Å². The van der Waals surface area contributed by atoms with Crippen LogP contribution in [0.25, 0.3) is 67.5 Å². The van der Waals surface area contributed by atoms with E-state index in [0.717, 1.165) is 22.3 Å². The van der Waals surface area contributed by atoms with Crippen LogP contribution in [-0.4, -0.2) is 15.0 Å². The van der Waals surface area contributed by atoms with Gasteiger partial charge in [0.25, 0.3) is 0 Å². The average molecular weight is 620 g/mol. The molecule has 8 rings (SSSR count). The average Bonchev–Trinajstić information content (AvgIpc) is 3.14. The van der Waals surface area contributed by atoms with Crippen molar-refractivity contribution < 1.29 is 0 Å². The summed E-state index contributed by atoms with van der Waals surface area (Å²) in [4.78, 5) is 15.2. The minimum atomic E-state index is -0.135. The Morgan fingerprint density at radius 1 is 0.333 bits per heavy atom. The third kappa shape index (κ3) is 4.86. The van der Waals surface area contributed by atoms with E-state index in [9.17, 15) is 0 Å². The lowest BCUT2D eigenvalue weighted by atomic mass is 9.54. The van der Waals surface area contributed by atoms with E-state index < -0.39 is 0 Å². The summed E-state index contributed by atoms with van der Waals surface area (Å²) in [5.41, 5.74) is 12.7. The first-order chi connectivity index (χ1) is 23.3. The molecule has 0 amide bonds. The van der Waals surface area contributed by atoms with Gasteiger partial charge in [-0.25, -0.2) is 15.0 Å². The van der Waals surface area contributed by atoms with Crippen LogP contribution in [0.1, 0.15) is 38.8 Å². The monoisotopic (exact) mass is 619 g/mol. The van der Waals surface area contributed by atoms with E-state index in [1.165, 1.54) is 38.9 Å². The first-order valence-corrected chi connectivity index (χ1v) is 16.6. The second-order valence-corrected chi connectivity index (χ2v) is 13.7. The van der Waals surface area contributed by atoms with Gasteiger partial charge in [-0.05, 0) is 61.4 Å². The Morgan fingerprint density at radius 3 is 1.42 bits per heavy atom. The highest BCUT2D eigenvalue weighted by molar-refractivity contribution is 5.95. The summed E-state index contributed by atoms with van der Waals surface area (Å²) in [6, 6.07) is 53.4. The highest BCUT2D eigenvalue weighted by Crippen LogP contribution is 2.57. The second-order valence-electron chi connectivity index (χ2n) is 13.7. The van der Waals surface area contributed by atoms with Gasteiger partial charge in [0.1, 0.15) is 0 Å². The summed E-state index contributed by atoms with van der Waals surface area (Å²) >= 11 is 0. The molecule has 1 heterocycles. The fraction of sp³-hybridized carbons (Fsp3) is 0.133. The van der Waals surface area contributed by atoms with Gasteiger partial charge < -0.3 is 0 Å². The zero-order valence-electron chi connectivity index (χ0n) is 27.8. The molecule has 1 aliphatic carbocycles. The number of benzene rings is 6. The molecule has 0 saturated carbocycles. The van der Waals surface area contributed by atoms with E-state index in [1.807, 2.05) is 36.4 Å². The maximum Gasteiger partial charge on any atom is 0.164 e. The highest BCUT2D eigenvalue weighted by atomic mass is 15.0. The fourth-order valence-electron chi connectivity index (χ4n) is 7.19. The molecule has 0 N–H and O–H groups in total. The first kappa shape index (κ1) is 29.7. The summed E-state index contributed by atoms with van der Waals surface area (Å²) in [6.45, 7) is 9.57. The normalized spacial score (nSPS) is 14.2. The predicted octanol–water partition coefficient (Wildman–Crippen LogP) is 11.4. The van der Waals surface area contributed by atoms with Crippen LogP contribution in [0.4, 0.5) is 0 Å². The lowest BCUT2D eigenvalue weighted by Gasteiger charge is -2.49. The molecule has 0 saturated heterocycles. The van der Waals surface area contributed by atoms with Crippen molar-refractivity contribution in [2.75, 3.05) is 0 Å². The van der Waals surface area contributed by atoms with E-state index in [0.29, 0.717) is 17.5 Å². The van der Waals surface area contributed by atoms with E-state index in [2.05, 4.69) is 143 Å². The molecule has 48 heavy (non-hydrogen) atoms. The van der Waals surface area contributed by atoms with Crippen LogP contribution < -0.4 is 0 Å². The lowest BCUT2D eigenvalue weighted by Crippen LogP contribution is -2.43. The third-order valence-corrected chi connectivity index (χ3v) is 10.5. The summed E-state index contributed by atoms with van der Waals surface area (Å²) < 4.78 is 0. The Bertz CT molecular complexity index is 2210. The van der Waals surface area contributed by atoms with E-state index in [-0.39, 0.29) is 10.8 Å². The standard InChI is InChI=1S/C45H37N3/c1-44(2)38-26-16-25-35(40(38)37-28-27-33(29-39(37)45(44,3)4)30-17-8-5-9-18-30)34-23-14-15-24-36(34)43-47-41(31-19-10-6-11-20-31)46-42(48-43)32-21-12-7-13-22-32/h5-29H,1-4H3. The quantitative estimate of drug-likeness (QED) is 0.192. The Balaban J connectivity index is 1.36. The summed E-state index contributed by atoms with van der Waals surface area (Å²) in [7, 11) is 0. The zero-order valence-corrected chi connectivity index (χ0v) is 27.8. The van der Waals surface area contributed by atoms with Gasteiger partial charge in [0.05, 0.1) is 0 Å².